The highest BCUT2D eigenvalue weighted by molar-refractivity contribution is 9.10. The van der Waals surface area contributed by atoms with Crippen LogP contribution in [0, 0.1) is 12.7 Å². The van der Waals surface area contributed by atoms with Gasteiger partial charge in [-0.25, -0.2) is 17.9 Å². The Morgan fingerprint density at radius 1 is 1.24 bits per heavy atom. The molecule has 2 aromatic carbocycles. The van der Waals surface area contributed by atoms with Gasteiger partial charge in [0.05, 0.1) is 4.90 Å². The molecule has 0 saturated carbocycles. The van der Waals surface area contributed by atoms with E-state index in [1.807, 2.05) is 0 Å². The Labute approximate surface area is 131 Å². The minimum atomic E-state index is -3.77. The molecule has 0 aliphatic rings. The summed E-state index contributed by atoms with van der Waals surface area (Å²) in [5.74, 6) is -0.337. The predicted molar refractivity (Wildman–Crippen MR) is 84.0 cm³/mol. The molecule has 0 spiro atoms. The number of rotatable bonds is 4. The van der Waals surface area contributed by atoms with Crippen LogP contribution >= 0.6 is 15.9 Å². The number of nitrogens with two attached hydrogens (primary N) is 1. The quantitative estimate of drug-likeness (QED) is 0.865. The van der Waals surface area contributed by atoms with Gasteiger partial charge in [0.15, 0.2) is 0 Å². The molecule has 0 fully saturated rings. The van der Waals surface area contributed by atoms with E-state index in [1.165, 1.54) is 12.1 Å². The fourth-order valence-corrected chi connectivity index (χ4v) is 3.02. The van der Waals surface area contributed by atoms with Crippen molar-refractivity contribution in [3.05, 3.63) is 57.8 Å². The Morgan fingerprint density at radius 3 is 2.57 bits per heavy atom. The van der Waals surface area contributed by atoms with E-state index in [9.17, 15) is 12.8 Å². The summed E-state index contributed by atoms with van der Waals surface area (Å²) in [6, 6.07) is 9.59. The van der Waals surface area contributed by atoms with E-state index in [-0.39, 0.29) is 17.3 Å². The summed E-state index contributed by atoms with van der Waals surface area (Å²) in [4.78, 5) is 0.0591. The van der Waals surface area contributed by atoms with Crippen molar-refractivity contribution in [2.75, 3.05) is 5.32 Å². The number of benzene rings is 2. The third kappa shape index (κ3) is 4.03. The summed E-state index contributed by atoms with van der Waals surface area (Å²) < 4.78 is 37.3. The molecule has 0 bridgehead atoms. The zero-order chi connectivity index (χ0) is 15.6. The maximum atomic E-state index is 13.7. The second kappa shape index (κ2) is 6.13. The number of anilines is 1. The molecule has 3 N–H and O–H groups in total. The van der Waals surface area contributed by atoms with Crippen LogP contribution in [-0.2, 0) is 16.6 Å². The van der Waals surface area contributed by atoms with Crippen molar-refractivity contribution in [2.45, 2.75) is 18.4 Å². The van der Waals surface area contributed by atoms with Gasteiger partial charge < -0.3 is 5.32 Å². The Balaban J connectivity index is 2.21. The summed E-state index contributed by atoms with van der Waals surface area (Å²) in [5.41, 5.74) is 1.61. The fraction of sp³-hybridized carbons (Fsp3) is 0.143. The number of hydrogen-bond acceptors (Lipinski definition) is 3. The van der Waals surface area contributed by atoms with Crippen LogP contribution < -0.4 is 10.5 Å². The zero-order valence-electron chi connectivity index (χ0n) is 11.2. The largest absolute Gasteiger partial charge is 0.381 e. The molecule has 0 aromatic heterocycles. The van der Waals surface area contributed by atoms with Gasteiger partial charge in [0.1, 0.15) is 5.82 Å². The van der Waals surface area contributed by atoms with Crippen LogP contribution in [0.5, 0.6) is 0 Å². The highest BCUT2D eigenvalue weighted by Crippen LogP contribution is 2.21. The summed E-state index contributed by atoms with van der Waals surface area (Å²) in [5, 5.41) is 8.14. The first-order chi connectivity index (χ1) is 9.77. The Hall–Kier alpha value is -1.44. The molecule has 0 heterocycles. The first-order valence-corrected chi connectivity index (χ1v) is 8.42. The second-order valence-electron chi connectivity index (χ2n) is 4.61. The van der Waals surface area contributed by atoms with Gasteiger partial charge in [0.25, 0.3) is 0 Å². The highest BCUT2D eigenvalue weighted by atomic mass is 79.9. The Kier molecular flexibility index (Phi) is 4.65. The first kappa shape index (κ1) is 15.9. The van der Waals surface area contributed by atoms with E-state index in [0.717, 1.165) is 0 Å². The smallest absolute Gasteiger partial charge is 0.238 e. The average Bonchev–Trinajstić information content (AvgIpc) is 2.38. The molecular weight excluding hydrogens is 359 g/mol. The molecular formula is C14H14BrFN2O2S. The van der Waals surface area contributed by atoms with Gasteiger partial charge in [-0.05, 0) is 36.8 Å². The summed E-state index contributed by atoms with van der Waals surface area (Å²) in [7, 11) is -3.77. The third-order valence-corrected chi connectivity index (χ3v) is 4.54. The van der Waals surface area contributed by atoms with Gasteiger partial charge >= 0.3 is 0 Å². The molecule has 7 heteroatoms. The lowest BCUT2D eigenvalue weighted by atomic mass is 10.2. The number of primary sulfonamides is 1. The van der Waals surface area contributed by atoms with Crippen LogP contribution in [0.25, 0.3) is 0 Å². The molecule has 0 aliphatic carbocycles. The van der Waals surface area contributed by atoms with Crippen molar-refractivity contribution in [3.63, 3.8) is 0 Å². The topological polar surface area (TPSA) is 72.2 Å². The Morgan fingerprint density at radius 2 is 1.95 bits per heavy atom. The molecule has 112 valence electrons. The van der Waals surface area contributed by atoms with Crippen LogP contribution in [0.15, 0.2) is 45.8 Å². The van der Waals surface area contributed by atoms with Gasteiger partial charge in [-0.1, -0.05) is 28.1 Å². The van der Waals surface area contributed by atoms with Crippen molar-refractivity contribution >= 4 is 31.6 Å². The lowest BCUT2D eigenvalue weighted by molar-refractivity contribution is 0.597. The number of halogens is 2. The van der Waals surface area contributed by atoms with E-state index in [0.29, 0.717) is 21.3 Å². The lowest BCUT2D eigenvalue weighted by Gasteiger charge is -2.10. The van der Waals surface area contributed by atoms with E-state index in [4.69, 9.17) is 5.14 Å². The summed E-state index contributed by atoms with van der Waals surface area (Å²) in [6.07, 6.45) is 0. The van der Waals surface area contributed by atoms with Crippen molar-refractivity contribution in [2.24, 2.45) is 5.14 Å². The third-order valence-electron chi connectivity index (χ3n) is 2.99. The minimum Gasteiger partial charge on any atom is -0.381 e. The van der Waals surface area contributed by atoms with Crippen LogP contribution in [0.2, 0.25) is 0 Å². The number of aryl methyl sites for hydroxylation is 1. The minimum absolute atomic E-state index is 0.0591. The molecule has 4 nitrogen and oxygen atoms in total. The molecule has 2 aromatic rings. The summed E-state index contributed by atoms with van der Waals surface area (Å²) in [6.45, 7) is 1.91. The highest BCUT2D eigenvalue weighted by Gasteiger charge is 2.12. The van der Waals surface area contributed by atoms with Gasteiger partial charge in [-0.3, -0.25) is 0 Å². The average molecular weight is 373 g/mol. The van der Waals surface area contributed by atoms with E-state index >= 15 is 0 Å². The Bertz CT molecular complexity index is 779. The first-order valence-electron chi connectivity index (χ1n) is 6.08. The van der Waals surface area contributed by atoms with Crippen molar-refractivity contribution in [1.29, 1.82) is 0 Å². The number of nitrogens with one attached hydrogen (secondary N) is 1. The van der Waals surface area contributed by atoms with E-state index in [2.05, 4.69) is 21.2 Å². The molecule has 0 atom stereocenters. The van der Waals surface area contributed by atoms with Crippen molar-refractivity contribution in [3.8, 4) is 0 Å². The monoisotopic (exact) mass is 372 g/mol. The zero-order valence-corrected chi connectivity index (χ0v) is 13.6. The van der Waals surface area contributed by atoms with Crippen molar-refractivity contribution < 1.29 is 12.8 Å². The van der Waals surface area contributed by atoms with Crippen LogP contribution in [0.1, 0.15) is 11.1 Å². The predicted octanol–water partition coefficient (Wildman–Crippen LogP) is 3.16. The molecule has 2 rings (SSSR count). The van der Waals surface area contributed by atoms with Gasteiger partial charge in [-0.15, -0.1) is 0 Å². The maximum absolute atomic E-state index is 13.7. The number of sulfonamides is 1. The SMILES string of the molecule is Cc1ccc(NCc2ccc(Br)cc2F)cc1S(N)(=O)=O. The standard InChI is InChI=1S/C14H14BrFN2O2S/c1-9-2-5-12(7-14(9)21(17,19)20)18-8-10-3-4-11(15)6-13(10)16/h2-7,18H,8H2,1H3,(H2,17,19,20). The maximum Gasteiger partial charge on any atom is 0.238 e. The van der Waals surface area contributed by atoms with Gasteiger partial charge in [0, 0.05) is 22.3 Å². The molecule has 0 radical (unpaired) electrons. The molecule has 0 aliphatic heterocycles. The van der Waals surface area contributed by atoms with Crippen molar-refractivity contribution in [1.82, 2.24) is 0 Å². The van der Waals surface area contributed by atoms with Gasteiger partial charge in [0.2, 0.25) is 10.0 Å². The van der Waals surface area contributed by atoms with E-state index < -0.39 is 10.0 Å². The fourth-order valence-electron chi connectivity index (χ4n) is 1.88. The molecule has 0 amide bonds. The van der Waals surface area contributed by atoms with Crippen LogP contribution in [0.4, 0.5) is 10.1 Å². The van der Waals surface area contributed by atoms with Crippen LogP contribution in [-0.4, -0.2) is 8.42 Å². The molecule has 21 heavy (non-hydrogen) atoms. The lowest BCUT2D eigenvalue weighted by Crippen LogP contribution is -2.14. The number of hydrogen-bond donors (Lipinski definition) is 2. The van der Waals surface area contributed by atoms with Crippen LogP contribution in [0.3, 0.4) is 0 Å². The second-order valence-corrected chi connectivity index (χ2v) is 7.06. The normalized spacial score (nSPS) is 11.4. The van der Waals surface area contributed by atoms with Gasteiger partial charge in [-0.2, -0.15) is 0 Å². The summed E-state index contributed by atoms with van der Waals surface area (Å²) >= 11 is 3.19. The van der Waals surface area contributed by atoms with E-state index in [1.54, 1.807) is 31.2 Å². The molecule has 0 unspecified atom stereocenters. The molecule has 0 saturated heterocycles.